The van der Waals surface area contributed by atoms with Gasteiger partial charge in [0.05, 0.1) is 19.1 Å². The molecule has 1 saturated heterocycles. The second-order valence-electron chi connectivity index (χ2n) is 3.42. The number of carbonyl (C=O) groups is 1. The van der Waals surface area contributed by atoms with Crippen LogP contribution < -0.4 is 5.73 Å². The number of hydrogen-bond acceptors (Lipinski definition) is 4. The highest BCUT2D eigenvalue weighted by Gasteiger charge is 2.31. The van der Waals surface area contributed by atoms with Crippen molar-refractivity contribution < 1.29 is 13.7 Å². The molecule has 0 aliphatic carbocycles. The van der Waals surface area contributed by atoms with Crippen molar-refractivity contribution in [3.63, 3.8) is 0 Å². The minimum atomic E-state index is -2.37. The van der Waals surface area contributed by atoms with E-state index >= 15 is 0 Å². The van der Waals surface area contributed by atoms with E-state index in [1.165, 1.54) is 12.5 Å². The highest BCUT2D eigenvalue weighted by atomic mass is 32.2. The maximum atomic E-state index is 11.4. The van der Waals surface area contributed by atoms with E-state index < -0.39 is 21.6 Å². The first-order chi connectivity index (χ1) is 5.90. The maximum Gasteiger partial charge on any atom is 0.260 e. The fourth-order valence-corrected chi connectivity index (χ4v) is 1.68. The number of amides is 1. The quantitative estimate of drug-likeness (QED) is 0.610. The van der Waals surface area contributed by atoms with E-state index in [0.29, 0.717) is 13.2 Å². The molecule has 13 heavy (non-hydrogen) atoms. The van der Waals surface area contributed by atoms with Crippen molar-refractivity contribution in [1.82, 2.24) is 0 Å². The molecule has 0 radical (unpaired) electrons. The minimum Gasteiger partial charge on any atom is -0.379 e. The number of nitrogens with zero attached hydrogens (tertiary/aromatic N) is 1. The van der Waals surface area contributed by atoms with Gasteiger partial charge in [-0.2, -0.15) is 4.36 Å². The molecule has 0 spiro atoms. The summed E-state index contributed by atoms with van der Waals surface area (Å²) in [5, 5.41) is 0. The van der Waals surface area contributed by atoms with Gasteiger partial charge in [0.15, 0.2) is 0 Å². The molecule has 1 amide bonds. The topological polar surface area (TPSA) is 81.8 Å². The Balaban J connectivity index is 2.74. The maximum absolute atomic E-state index is 11.4. The zero-order valence-electron chi connectivity index (χ0n) is 7.73. The van der Waals surface area contributed by atoms with Crippen molar-refractivity contribution in [3.05, 3.63) is 0 Å². The molecule has 0 bridgehead atoms. The largest absolute Gasteiger partial charge is 0.379 e. The fourth-order valence-electron chi connectivity index (χ4n) is 1.11. The Morgan fingerprint density at radius 1 is 1.54 bits per heavy atom. The third-order valence-corrected chi connectivity index (χ3v) is 2.37. The van der Waals surface area contributed by atoms with Gasteiger partial charge in [-0.1, -0.05) is 0 Å². The van der Waals surface area contributed by atoms with Crippen LogP contribution in [0.15, 0.2) is 4.36 Å². The van der Waals surface area contributed by atoms with Crippen LogP contribution in [0.2, 0.25) is 0 Å². The molecular formula is C7H14N2O3S. The second-order valence-corrected chi connectivity index (χ2v) is 5.96. The average Bonchev–Trinajstić information content (AvgIpc) is 2.30. The summed E-state index contributed by atoms with van der Waals surface area (Å²) in [6, 6.07) is -0.307. The van der Waals surface area contributed by atoms with Gasteiger partial charge in [-0.25, -0.2) is 4.21 Å². The Morgan fingerprint density at radius 3 is 2.54 bits per heavy atom. The number of hydrogen-bond donors (Lipinski definition) is 1. The van der Waals surface area contributed by atoms with Gasteiger partial charge < -0.3 is 10.5 Å². The molecule has 0 aromatic heterocycles. The monoisotopic (exact) mass is 206 g/mol. The van der Waals surface area contributed by atoms with Crippen LogP contribution in [0.5, 0.6) is 0 Å². The molecule has 2 atom stereocenters. The number of carbonyl (C=O) groups excluding carboxylic acids is 1. The van der Waals surface area contributed by atoms with E-state index in [2.05, 4.69) is 4.36 Å². The molecule has 76 valence electrons. The van der Waals surface area contributed by atoms with Crippen LogP contribution in [-0.4, -0.2) is 41.9 Å². The minimum absolute atomic E-state index is 0.291. The lowest BCUT2D eigenvalue weighted by atomic mass is 10.1. The van der Waals surface area contributed by atoms with Crippen molar-refractivity contribution in [2.75, 3.05) is 25.7 Å². The third kappa shape index (κ3) is 3.06. The molecule has 1 aliphatic rings. The summed E-state index contributed by atoms with van der Waals surface area (Å²) in [5.41, 5.74) is 5.60. The first kappa shape index (κ1) is 10.6. The Kier molecular flexibility index (Phi) is 3.05. The van der Waals surface area contributed by atoms with Gasteiger partial charge in [-0.3, -0.25) is 4.79 Å². The molecule has 0 aromatic carbocycles. The second kappa shape index (κ2) is 3.73. The van der Waals surface area contributed by atoms with Crippen LogP contribution in [-0.2, 0) is 19.3 Å². The van der Waals surface area contributed by atoms with Crippen LogP contribution in [0, 0.1) is 5.92 Å². The van der Waals surface area contributed by atoms with Crippen LogP contribution in [0.1, 0.15) is 0 Å². The standard InChI is InChI=1S/C7H14N2O3S/c1-13(2,11)9-7(10)5-3-12-4-6(5)8/h5-6H,3-4,8H2,1-2H3. The Labute approximate surface area is 77.8 Å². The van der Waals surface area contributed by atoms with Gasteiger partial charge >= 0.3 is 0 Å². The summed E-state index contributed by atoms with van der Waals surface area (Å²) in [4.78, 5) is 11.4. The molecule has 1 heterocycles. The molecular weight excluding hydrogens is 192 g/mol. The molecule has 1 aliphatic heterocycles. The van der Waals surface area contributed by atoms with Crippen LogP contribution in [0.25, 0.3) is 0 Å². The van der Waals surface area contributed by atoms with Crippen LogP contribution >= 0.6 is 0 Å². The van der Waals surface area contributed by atoms with Gasteiger partial charge in [0.1, 0.15) is 0 Å². The van der Waals surface area contributed by atoms with Crippen molar-refractivity contribution in [2.45, 2.75) is 6.04 Å². The Hall–Kier alpha value is -0.460. The zero-order chi connectivity index (χ0) is 10.1. The van der Waals surface area contributed by atoms with Gasteiger partial charge in [0.25, 0.3) is 5.91 Å². The SMILES string of the molecule is CS(C)(=O)=NC(=O)C1COCC1N. The van der Waals surface area contributed by atoms with Gasteiger partial charge in [0.2, 0.25) is 0 Å². The summed E-state index contributed by atoms with van der Waals surface area (Å²) in [6.45, 7) is 0.666. The Bertz CT molecular complexity index is 312. The van der Waals surface area contributed by atoms with Gasteiger partial charge in [-0.15, -0.1) is 0 Å². The van der Waals surface area contributed by atoms with E-state index in [-0.39, 0.29) is 6.04 Å². The lowest BCUT2D eigenvalue weighted by Gasteiger charge is -2.07. The first-order valence-electron chi connectivity index (χ1n) is 3.94. The van der Waals surface area contributed by atoms with E-state index in [1.54, 1.807) is 0 Å². The molecule has 0 aromatic rings. The normalized spacial score (nSPS) is 28.8. The van der Waals surface area contributed by atoms with Crippen LogP contribution in [0.4, 0.5) is 0 Å². The summed E-state index contributed by atoms with van der Waals surface area (Å²) in [7, 11) is -2.37. The van der Waals surface area contributed by atoms with E-state index in [4.69, 9.17) is 10.5 Å². The van der Waals surface area contributed by atoms with E-state index in [0.717, 1.165) is 0 Å². The first-order valence-corrected chi connectivity index (χ1v) is 6.27. The average molecular weight is 206 g/mol. The van der Waals surface area contributed by atoms with Crippen molar-refractivity contribution in [1.29, 1.82) is 0 Å². The molecule has 2 unspecified atom stereocenters. The van der Waals surface area contributed by atoms with Crippen molar-refractivity contribution in [3.8, 4) is 0 Å². The highest BCUT2D eigenvalue weighted by Crippen LogP contribution is 2.13. The number of rotatable bonds is 1. The summed E-state index contributed by atoms with van der Waals surface area (Å²) >= 11 is 0. The summed E-state index contributed by atoms with van der Waals surface area (Å²) in [5.74, 6) is -0.819. The molecule has 6 heteroatoms. The lowest BCUT2D eigenvalue weighted by molar-refractivity contribution is -0.121. The summed E-state index contributed by atoms with van der Waals surface area (Å²) < 4.78 is 19.8. The lowest BCUT2D eigenvalue weighted by Crippen LogP contribution is -2.33. The fraction of sp³-hybridized carbons (Fsp3) is 0.857. The number of ether oxygens (including phenoxy) is 1. The number of nitrogens with two attached hydrogens (primary N) is 1. The predicted molar refractivity (Wildman–Crippen MR) is 49.7 cm³/mol. The molecule has 1 rings (SSSR count). The smallest absolute Gasteiger partial charge is 0.260 e. The zero-order valence-corrected chi connectivity index (χ0v) is 8.54. The van der Waals surface area contributed by atoms with Gasteiger partial charge in [0, 0.05) is 28.3 Å². The predicted octanol–water partition coefficient (Wildman–Crippen LogP) is -0.786. The van der Waals surface area contributed by atoms with E-state index in [1.807, 2.05) is 0 Å². The summed E-state index contributed by atoms with van der Waals surface area (Å²) in [6.07, 6.45) is 2.85. The molecule has 5 nitrogen and oxygen atoms in total. The van der Waals surface area contributed by atoms with Crippen molar-refractivity contribution in [2.24, 2.45) is 16.0 Å². The molecule has 0 saturated carbocycles. The molecule has 1 fully saturated rings. The third-order valence-electron chi connectivity index (χ3n) is 1.75. The van der Waals surface area contributed by atoms with Gasteiger partial charge in [-0.05, 0) is 0 Å². The Morgan fingerprint density at radius 2 is 2.15 bits per heavy atom. The molecule has 2 N–H and O–H groups in total. The van der Waals surface area contributed by atoms with Crippen LogP contribution in [0.3, 0.4) is 0 Å². The van der Waals surface area contributed by atoms with Crippen molar-refractivity contribution >= 4 is 15.6 Å². The van der Waals surface area contributed by atoms with E-state index in [9.17, 15) is 9.00 Å². The highest BCUT2D eigenvalue weighted by molar-refractivity contribution is 7.92.